The Bertz CT molecular complexity index is 689. The van der Waals surface area contributed by atoms with Crippen LogP contribution >= 0.6 is 11.6 Å². The molecule has 0 amide bonds. The largest absolute Gasteiger partial charge is 0.381 e. The number of rotatable bonds is 3. The minimum Gasteiger partial charge on any atom is -0.381 e. The van der Waals surface area contributed by atoms with Gasteiger partial charge in [0.25, 0.3) is 0 Å². The van der Waals surface area contributed by atoms with Gasteiger partial charge < -0.3 is 5.32 Å². The van der Waals surface area contributed by atoms with Crippen molar-refractivity contribution in [2.45, 2.75) is 32.7 Å². The highest BCUT2D eigenvalue weighted by atomic mass is 35.5. The molecule has 21 heavy (non-hydrogen) atoms. The number of anilines is 1. The van der Waals surface area contributed by atoms with E-state index in [1.165, 1.54) is 0 Å². The van der Waals surface area contributed by atoms with E-state index >= 15 is 0 Å². The number of nitriles is 1. The molecule has 0 spiro atoms. The molecule has 0 saturated carbocycles. The Morgan fingerprint density at radius 3 is 2.67 bits per heavy atom. The van der Waals surface area contributed by atoms with E-state index in [2.05, 4.69) is 37.3 Å². The summed E-state index contributed by atoms with van der Waals surface area (Å²) in [7, 11) is 1.93. The van der Waals surface area contributed by atoms with Gasteiger partial charge in [0.1, 0.15) is 6.07 Å². The molecule has 1 aromatic heterocycles. The number of nitrogens with one attached hydrogen (secondary N) is 1. The molecule has 0 unspecified atom stereocenters. The predicted octanol–water partition coefficient (Wildman–Crippen LogP) is 3.85. The van der Waals surface area contributed by atoms with Gasteiger partial charge in [0.2, 0.25) is 0 Å². The molecular formula is C16H19ClN4. The van der Waals surface area contributed by atoms with Crippen molar-refractivity contribution in [1.29, 1.82) is 5.26 Å². The Hall–Kier alpha value is -1.99. The zero-order valence-electron chi connectivity index (χ0n) is 12.7. The van der Waals surface area contributed by atoms with E-state index in [0.29, 0.717) is 17.1 Å². The molecule has 1 N–H and O–H groups in total. The molecule has 5 heteroatoms. The molecule has 4 nitrogen and oxygen atoms in total. The van der Waals surface area contributed by atoms with Gasteiger partial charge in [-0.05, 0) is 18.2 Å². The third-order valence-corrected chi connectivity index (χ3v) is 3.50. The lowest BCUT2D eigenvalue weighted by Gasteiger charge is -2.18. The molecule has 0 aliphatic carbocycles. The van der Waals surface area contributed by atoms with Crippen LogP contribution in [-0.2, 0) is 19.0 Å². The monoisotopic (exact) mass is 302 g/mol. The number of hydrogen-bond acceptors (Lipinski definition) is 3. The molecule has 0 aliphatic rings. The van der Waals surface area contributed by atoms with Gasteiger partial charge >= 0.3 is 0 Å². The fraction of sp³-hybridized carbons (Fsp3) is 0.375. The highest BCUT2D eigenvalue weighted by molar-refractivity contribution is 6.32. The SMILES string of the molecule is Cn1cc(CNc2ccc(C#N)c(Cl)c2)c(C(C)(C)C)n1. The first-order valence-electron chi connectivity index (χ1n) is 6.78. The highest BCUT2D eigenvalue weighted by Crippen LogP contribution is 2.25. The van der Waals surface area contributed by atoms with Gasteiger partial charge in [-0.1, -0.05) is 32.4 Å². The summed E-state index contributed by atoms with van der Waals surface area (Å²) in [6.45, 7) is 7.12. The summed E-state index contributed by atoms with van der Waals surface area (Å²) >= 11 is 6.04. The number of benzene rings is 1. The summed E-state index contributed by atoms with van der Waals surface area (Å²) in [5, 5.41) is 17.2. The first kappa shape index (κ1) is 15.4. The Balaban J connectivity index is 2.17. The molecule has 2 aromatic rings. The van der Waals surface area contributed by atoms with Crippen molar-refractivity contribution in [3.63, 3.8) is 0 Å². The van der Waals surface area contributed by atoms with E-state index in [9.17, 15) is 0 Å². The molecule has 0 aliphatic heterocycles. The van der Waals surface area contributed by atoms with Crippen LogP contribution in [0.2, 0.25) is 5.02 Å². The van der Waals surface area contributed by atoms with Gasteiger partial charge in [-0.2, -0.15) is 10.4 Å². The van der Waals surface area contributed by atoms with Crippen molar-refractivity contribution in [2.75, 3.05) is 5.32 Å². The van der Waals surface area contributed by atoms with Crippen LogP contribution in [0.4, 0.5) is 5.69 Å². The van der Waals surface area contributed by atoms with Gasteiger partial charge in [0.15, 0.2) is 0 Å². The maximum absolute atomic E-state index is 8.88. The van der Waals surface area contributed by atoms with Crippen LogP contribution in [-0.4, -0.2) is 9.78 Å². The fourth-order valence-corrected chi connectivity index (χ4v) is 2.43. The van der Waals surface area contributed by atoms with Crippen LogP contribution in [0, 0.1) is 11.3 Å². The van der Waals surface area contributed by atoms with Crippen LogP contribution in [0.3, 0.4) is 0 Å². The number of aryl methyl sites for hydroxylation is 1. The van der Waals surface area contributed by atoms with Crippen LogP contribution < -0.4 is 5.32 Å². The average molecular weight is 303 g/mol. The predicted molar refractivity (Wildman–Crippen MR) is 85.4 cm³/mol. The molecular weight excluding hydrogens is 284 g/mol. The maximum Gasteiger partial charge on any atom is 0.101 e. The van der Waals surface area contributed by atoms with E-state index in [-0.39, 0.29) is 5.41 Å². The van der Waals surface area contributed by atoms with Crippen LogP contribution in [0.15, 0.2) is 24.4 Å². The normalized spacial score (nSPS) is 11.2. The number of aromatic nitrogens is 2. The molecule has 0 fully saturated rings. The topological polar surface area (TPSA) is 53.6 Å². The summed E-state index contributed by atoms with van der Waals surface area (Å²) < 4.78 is 1.84. The first-order valence-corrected chi connectivity index (χ1v) is 7.15. The smallest absolute Gasteiger partial charge is 0.101 e. The number of halogens is 1. The van der Waals surface area contributed by atoms with Crippen molar-refractivity contribution in [3.8, 4) is 6.07 Å². The lowest BCUT2D eigenvalue weighted by atomic mass is 9.89. The van der Waals surface area contributed by atoms with Crippen LogP contribution in [0.5, 0.6) is 0 Å². The number of nitrogens with zero attached hydrogens (tertiary/aromatic N) is 3. The molecule has 1 aromatic carbocycles. The van der Waals surface area contributed by atoms with Crippen LogP contribution in [0.1, 0.15) is 37.6 Å². The van der Waals surface area contributed by atoms with E-state index < -0.39 is 0 Å². The zero-order chi connectivity index (χ0) is 15.6. The standard InChI is InChI=1S/C16H19ClN4/c1-16(2,3)15-12(10-21(4)20-15)9-19-13-6-5-11(8-18)14(17)7-13/h5-7,10,19H,9H2,1-4H3. The van der Waals surface area contributed by atoms with Crippen LogP contribution in [0.25, 0.3) is 0 Å². The zero-order valence-corrected chi connectivity index (χ0v) is 13.5. The summed E-state index contributed by atoms with van der Waals surface area (Å²) in [4.78, 5) is 0. The summed E-state index contributed by atoms with van der Waals surface area (Å²) in [6, 6.07) is 7.41. The van der Waals surface area contributed by atoms with Crippen molar-refractivity contribution < 1.29 is 0 Å². The Kier molecular flexibility index (Phi) is 4.24. The van der Waals surface area contributed by atoms with Gasteiger partial charge in [-0.25, -0.2) is 0 Å². The average Bonchev–Trinajstić information content (AvgIpc) is 2.78. The minimum absolute atomic E-state index is 0.000580. The molecule has 0 saturated heterocycles. The highest BCUT2D eigenvalue weighted by Gasteiger charge is 2.21. The summed E-state index contributed by atoms with van der Waals surface area (Å²) in [6.07, 6.45) is 2.03. The first-order chi connectivity index (χ1) is 9.81. The Morgan fingerprint density at radius 2 is 2.10 bits per heavy atom. The van der Waals surface area contributed by atoms with Gasteiger partial charge in [-0.3, -0.25) is 4.68 Å². The Labute approximate surface area is 130 Å². The van der Waals surface area contributed by atoms with Crippen molar-refractivity contribution in [1.82, 2.24) is 9.78 Å². The molecule has 0 atom stereocenters. The van der Waals surface area contributed by atoms with Crippen molar-refractivity contribution in [2.24, 2.45) is 7.05 Å². The second kappa shape index (κ2) is 5.79. The summed E-state index contributed by atoms with van der Waals surface area (Å²) in [5.41, 5.74) is 3.62. The maximum atomic E-state index is 8.88. The molecule has 0 radical (unpaired) electrons. The quantitative estimate of drug-likeness (QED) is 0.937. The minimum atomic E-state index is 0.000580. The summed E-state index contributed by atoms with van der Waals surface area (Å²) in [5.74, 6) is 0. The molecule has 110 valence electrons. The van der Waals surface area contributed by atoms with Crippen molar-refractivity contribution in [3.05, 3.63) is 46.2 Å². The van der Waals surface area contributed by atoms with E-state index in [1.807, 2.05) is 24.0 Å². The van der Waals surface area contributed by atoms with E-state index in [0.717, 1.165) is 16.9 Å². The van der Waals surface area contributed by atoms with Gasteiger partial charge in [0, 0.05) is 36.5 Å². The third-order valence-electron chi connectivity index (χ3n) is 3.19. The van der Waals surface area contributed by atoms with E-state index in [4.69, 9.17) is 16.9 Å². The van der Waals surface area contributed by atoms with E-state index in [1.54, 1.807) is 12.1 Å². The van der Waals surface area contributed by atoms with Gasteiger partial charge in [0.05, 0.1) is 16.3 Å². The Morgan fingerprint density at radius 1 is 1.38 bits per heavy atom. The third kappa shape index (κ3) is 3.56. The van der Waals surface area contributed by atoms with Gasteiger partial charge in [-0.15, -0.1) is 0 Å². The number of hydrogen-bond donors (Lipinski definition) is 1. The molecule has 2 rings (SSSR count). The lowest BCUT2D eigenvalue weighted by Crippen LogP contribution is -2.16. The lowest BCUT2D eigenvalue weighted by molar-refractivity contribution is 0.549. The molecule has 0 bridgehead atoms. The second-order valence-electron chi connectivity index (χ2n) is 6.09. The fourth-order valence-electron chi connectivity index (χ4n) is 2.21. The van der Waals surface area contributed by atoms with Crippen molar-refractivity contribution >= 4 is 17.3 Å². The molecule has 1 heterocycles. The second-order valence-corrected chi connectivity index (χ2v) is 6.49.